The molecule has 2 rings (SSSR count). The van der Waals surface area contributed by atoms with Gasteiger partial charge in [0, 0.05) is 11.6 Å². The zero-order valence-corrected chi connectivity index (χ0v) is 8.21. The third-order valence-electron chi connectivity index (χ3n) is 2.18. The van der Waals surface area contributed by atoms with E-state index in [0.717, 1.165) is 6.07 Å². The summed E-state index contributed by atoms with van der Waals surface area (Å²) in [5.74, 6) is -1.19. The van der Waals surface area contributed by atoms with Crippen LogP contribution >= 0.6 is 0 Å². The van der Waals surface area contributed by atoms with Crippen LogP contribution < -0.4 is 9.47 Å². The van der Waals surface area contributed by atoms with Gasteiger partial charge in [0.25, 0.3) is 0 Å². The Bertz CT molecular complexity index is 428. The van der Waals surface area contributed by atoms with Crippen LogP contribution in [0.2, 0.25) is 0 Å². The predicted octanol–water partition coefficient (Wildman–Crippen LogP) is 0.281. The van der Waals surface area contributed by atoms with E-state index in [1.807, 2.05) is 0 Å². The molecule has 0 aliphatic carbocycles. The zero-order chi connectivity index (χ0) is 11.7. The molecule has 1 atom stereocenters. The number of phenols is 1. The number of fused-ring (bicyclic) bond motifs is 1. The summed E-state index contributed by atoms with van der Waals surface area (Å²) in [6, 6.07) is 2.46. The molecule has 0 bridgehead atoms. The Labute approximate surface area is 90.7 Å². The summed E-state index contributed by atoms with van der Waals surface area (Å²) in [6.45, 7) is 0.593. The monoisotopic (exact) mass is 226 g/mol. The second kappa shape index (κ2) is 3.90. The standard InChI is InChI=1S/C10H10O6/c11-5-3-6(8(12)10(13)14)9-7(4-5)15-1-2-16-9/h3-4,8,11-12H,1-2H2,(H,13,14). The van der Waals surface area contributed by atoms with Gasteiger partial charge in [-0.2, -0.15) is 0 Å². The van der Waals surface area contributed by atoms with Crippen LogP contribution in [0.4, 0.5) is 0 Å². The fraction of sp³-hybridized carbons (Fsp3) is 0.300. The van der Waals surface area contributed by atoms with E-state index >= 15 is 0 Å². The quantitative estimate of drug-likeness (QED) is 0.670. The Hall–Kier alpha value is -1.95. The van der Waals surface area contributed by atoms with Gasteiger partial charge in [0.15, 0.2) is 17.6 Å². The highest BCUT2D eigenvalue weighted by Crippen LogP contribution is 2.40. The summed E-state index contributed by atoms with van der Waals surface area (Å²) < 4.78 is 10.4. The van der Waals surface area contributed by atoms with E-state index in [0.29, 0.717) is 6.61 Å². The molecule has 0 saturated heterocycles. The van der Waals surface area contributed by atoms with Crippen LogP contribution in [0.15, 0.2) is 12.1 Å². The summed E-state index contributed by atoms with van der Waals surface area (Å²) in [7, 11) is 0. The van der Waals surface area contributed by atoms with Crippen molar-refractivity contribution in [3.05, 3.63) is 17.7 Å². The molecule has 6 heteroatoms. The molecule has 1 aromatic rings. The van der Waals surface area contributed by atoms with E-state index in [2.05, 4.69) is 0 Å². The number of ether oxygens (including phenoxy) is 2. The van der Waals surface area contributed by atoms with E-state index in [9.17, 15) is 15.0 Å². The summed E-state index contributed by atoms with van der Waals surface area (Å²) in [6.07, 6.45) is -1.75. The van der Waals surface area contributed by atoms with Crippen LogP contribution in [-0.2, 0) is 4.79 Å². The summed E-state index contributed by atoms with van der Waals surface area (Å²) in [5.41, 5.74) is -0.0119. The number of aliphatic hydroxyl groups excluding tert-OH is 1. The predicted molar refractivity (Wildman–Crippen MR) is 51.7 cm³/mol. The molecule has 0 amide bonds. The first-order chi connectivity index (χ1) is 7.59. The van der Waals surface area contributed by atoms with Crippen molar-refractivity contribution in [3.63, 3.8) is 0 Å². The molecular formula is C10H10O6. The van der Waals surface area contributed by atoms with Crippen LogP contribution in [0.1, 0.15) is 11.7 Å². The first kappa shape index (κ1) is 10.6. The average Bonchev–Trinajstić information content (AvgIpc) is 2.26. The van der Waals surface area contributed by atoms with Crippen molar-refractivity contribution in [2.45, 2.75) is 6.10 Å². The number of carboxylic acids is 1. The number of benzene rings is 1. The molecule has 1 aromatic carbocycles. The van der Waals surface area contributed by atoms with Gasteiger partial charge in [-0.15, -0.1) is 0 Å². The van der Waals surface area contributed by atoms with Crippen LogP contribution in [-0.4, -0.2) is 34.5 Å². The SMILES string of the molecule is O=C(O)C(O)c1cc(O)cc2c1OCCO2. The Kier molecular flexibility index (Phi) is 2.57. The fourth-order valence-electron chi connectivity index (χ4n) is 1.50. The maximum absolute atomic E-state index is 10.7. The Morgan fingerprint density at radius 3 is 2.69 bits per heavy atom. The van der Waals surface area contributed by atoms with Crippen molar-refractivity contribution >= 4 is 5.97 Å². The molecule has 16 heavy (non-hydrogen) atoms. The number of carboxylic acid groups (broad SMARTS) is 1. The third-order valence-corrected chi connectivity index (χ3v) is 2.18. The van der Waals surface area contributed by atoms with E-state index in [-0.39, 0.29) is 29.4 Å². The lowest BCUT2D eigenvalue weighted by atomic mass is 10.1. The molecule has 0 spiro atoms. The van der Waals surface area contributed by atoms with Gasteiger partial charge in [-0.1, -0.05) is 0 Å². The van der Waals surface area contributed by atoms with Crippen molar-refractivity contribution in [3.8, 4) is 17.2 Å². The molecule has 6 nitrogen and oxygen atoms in total. The van der Waals surface area contributed by atoms with Gasteiger partial charge in [0.2, 0.25) is 0 Å². The Balaban J connectivity index is 2.51. The molecule has 0 aromatic heterocycles. The van der Waals surface area contributed by atoms with Gasteiger partial charge >= 0.3 is 5.97 Å². The zero-order valence-electron chi connectivity index (χ0n) is 8.21. The van der Waals surface area contributed by atoms with Gasteiger partial charge < -0.3 is 24.8 Å². The van der Waals surface area contributed by atoms with Crippen LogP contribution in [0.5, 0.6) is 17.2 Å². The maximum atomic E-state index is 10.7. The van der Waals surface area contributed by atoms with E-state index in [1.165, 1.54) is 6.07 Å². The van der Waals surface area contributed by atoms with Gasteiger partial charge in [-0.05, 0) is 6.07 Å². The summed E-state index contributed by atoms with van der Waals surface area (Å²) in [4.78, 5) is 10.7. The number of hydrogen-bond donors (Lipinski definition) is 3. The largest absolute Gasteiger partial charge is 0.508 e. The minimum Gasteiger partial charge on any atom is -0.508 e. The topological polar surface area (TPSA) is 96.2 Å². The van der Waals surface area contributed by atoms with E-state index in [4.69, 9.17) is 14.6 Å². The van der Waals surface area contributed by atoms with Crippen molar-refractivity contribution in [2.24, 2.45) is 0 Å². The van der Waals surface area contributed by atoms with Crippen molar-refractivity contribution in [2.75, 3.05) is 13.2 Å². The van der Waals surface area contributed by atoms with Crippen LogP contribution in [0.25, 0.3) is 0 Å². The van der Waals surface area contributed by atoms with Crippen molar-refractivity contribution in [1.29, 1.82) is 0 Å². The number of aromatic hydroxyl groups is 1. The number of rotatable bonds is 2. The van der Waals surface area contributed by atoms with E-state index < -0.39 is 12.1 Å². The lowest BCUT2D eigenvalue weighted by molar-refractivity contribution is -0.147. The number of phenolic OH excluding ortho intramolecular Hbond substituents is 1. The molecule has 0 radical (unpaired) electrons. The maximum Gasteiger partial charge on any atom is 0.337 e. The first-order valence-corrected chi connectivity index (χ1v) is 4.63. The van der Waals surface area contributed by atoms with Gasteiger partial charge in [-0.3, -0.25) is 0 Å². The molecule has 1 heterocycles. The third kappa shape index (κ3) is 1.74. The highest BCUT2D eigenvalue weighted by molar-refractivity contribution is 5.76. The molecule has 1 unspecified atom stereocenters. The minimum atomic E-state index is -1.75. The first-order valence-electron chi connectivity index (χ1n) is 4.63. The number of aliphatic hydroxyl groups is 1. The second-order valence-corrected chi connectivity index (χ2v) is 3.30. The molecular weight excluding hydrogens is 216 g/mol. The molecule has 0 saturated carbocycles. The van der Waals surface area contributed by atoms with E-state index in [1.54, 1.807) is 0 Å². The van der Waals surface area contributed by atoms with Crippen LogP contribution in [0, 0.1) is 0 Å². The normalized spacial score (nSPS) is 15.6. The Morgan fingerprint density at radius 2 is 2.00 bits per heavy atom. The highest BCUT2D eigenvalue weighted by Gasteiger charge is 2.26. The summed E-state index contributed by atoms with van der Waals surface area (Å²) >= 11 is 0. The average molecular weight is 226 g/mol. The smallest absolute Gasteiger partial charge is 0.337 e. The fourth-order valence-corrected chi connectivity index (χ4v) is 1.50. The molecule has 3 N–H and O–H groups in total. The second-order valence-electron chi connectivity index (χ2n) is 3.30. The van der Waals surface area contributed by atoms with Crippen LogP contribution in [0.3, 0.4) is 0 Å². The van der Waals surface area contributed by atoms with Gasteiger partial charge in [0.05, 0.1) is 0 Å². The lowest BCUT2D eigenvalue weighted by Gasteiger charge is -2.22. The lowest BCUT2D eigenvalue weighted by Crippen LogP contribution is -2.19. The van der Waals surface area contributed by atoms with Crippen molar-refractivity contribution in [1.82, 2.24) is 0 Å². The Morgan fingerprint density at radius 1 is 1.31 bits per heavy atom. The summed E-state index contributed by atoms with van der Waals surface area (Å²) in [5, 5.41) is 27.5. The number of aliphatic carboxylic acids is 1. The van der Waals surface area contributed by atoms with Gasteiger partial charge in [-0.25, -0.2) is 4.79 Å². The number of hydrogen-bond acceptors (Lipinski definition) is 5. The number of carbonyl (C=O) groups is 1. The molecule has 0 fully saturated rings. The molecule has 86 valence electrons. The minimum absolute atomic E-state index is 0.0119. The van der Waals surface area contributed by atoms with Crippen molar-refractivity contribution < 1.29 is 29.6 Å². The molecule has 1 aliphatic heterocycles. The van der Waals surface area contributed by atoms with Gasteiger partial charge in [0.1, 0.15) is 19.0 Å². The molecule has 1 aliphatic rings. The highest BCUT2D eigenvalue weighted by atomic mass is 16.6.